The first-order valence-corrected chi connectivity index (χ1v) is 8.18. The molecule has 0 amide bonds. The van der Waals surface area contributed by atoms with Crippen molar-refractivity contribution in [1.29, 1.82) is 0 Å². The molecular weight excluding hydrogens is 250 g/mol. The fourth-order valence-corrected chi connectivity index (χ4v) is 2.31. The Hall–Kier alpha value is -0.880. The van der Waals surface area contributed by atoms with Crippen LogP contribution in [0.25, 0.3) is 0 Å². The zero-order valence-corrected chi connectivity index (χ0v) is 12.2. The molecule has 0 bridgehead atoms. The van der Waals surface area contributed by atoms with Crippen molar-refractivity contribution in [1.82, 2.24) is 15.1 Å². The fourth-order valence-electron chi connectivity index (χ4n) is 1.57. The van der Waals surface area contributed by atoms with Gasteiger partial charge in [-0.1, -0.05) is 20.8 Å². The van der Waals surface area contributed by atoms with Gasteiger partial charge in [0.15, 0.2) is 9.84 Å². The van der Waals surface area contributed by atoms with Crippen LogP contribution in [-0.2, 0) is 22.9 Å². The molecule has 104 valence electrons. The van der Waals surface area contributed by atoms with Gasteiger partial charge >= 0.3 is 0 Å². The van der Waals surface area contributed by atoms with E-state index < -0.39 is 9.84 Å². The van der Waals surface area contributed by atoms with Gasteiger partial charge in [0.2, 0.25) is 0 Å². The number of sulfone groups is 1. The number of aromatic nitrogens is 2. The Kier molecular flexibility index (Phi) is 5.81. The number of aryl methyl sites for hydroxylation is 1. The zero-order valence-electron chi connectivity index (χ0n) is 11.4. The Morgan fingerprint density at radius 1 is 1.44 bits per heavy atom. The number of rotatable bonds is 8. The zero-order chi connectivity index (χ0) is 13.6. The fraction of sp³-hybridized carbons (Fsp3) is 0.750. The van der Waals surface area contributed by atoms with Gasteiger partial charge in [-0.25, -0.2) is 8.42 Å². The standard InChI is InChI=1S/C12H23N3O2S/c1-4-18(16,17)8-7-15-12(5-6-14-15)10-13-9-11(2)3/h5-6,11,13H,4,7-10H2,1-3H3. The van der Waals surface area contributed by atoms with E-state index in [1.807, 2.05) is 6.07 Å². The molecule has 5 nitrogen and oxygen atoms in total. The predicted molar refractivity (Wildman–Crippen MR) is 73.1 cm³/mol. The lowest BCUT2D eigenvalue weighted by Gasteiger charge is -2.10. The van der Waals surface area contributed by atoms with Crippen LogP contribution in [0, 0.1) is 5.92 Å². The van der Waals surface area contributed by atoms with Gasteiger partial charge in [-0.05, 0) is 18.5 Å². The van der Waals surface area contributed by atoms with E-state index in [1.165, 1.54) is 0 Å². The minimum Gasteiger partial charge on any atom is -0.311 e. The van der Waals surface area contributed by atoms with E-state index in [1.54, 1.807) is 17.8 Å². The van der Waals surface area contributed by atoms with E-state index in [4.69, 9.17) is 0 Å². The maximum atomic E-state index is 11.5. The van der Waals surface area contributed by atoms with Gasteiger partial charge in [0.1, 0.15) is 0 Å². The lowest BCUT2D eigenvalue weighted by molar-refractivity contribution is 0.523. The van der Waals surface area contributed by atoms with Crippen LogP contribution in [0.2, 0.25) is 0 Å². The molecule has 0 radical (unpaired) electrons. The van der Waals surface area contributed by atoms with Gasteiger partial charge in [-0.15, -0.1) is 0 Å². The summed E-state index contributed by atoms with van der Waals surface area (Å²) in [5.74, 6) is 0.944. The van der Waals surface area contributed by atoms with Crippen molar-refractivity contribution in [2.24, 2.45) is 5.92 Å². The molecule has 0 fully saturated rings. The Morgan fingerprint density at radius 2 is 2.17 bits per heavy atom. The van der Waals surface area contributed by atoms with E-state index in [0.29, 0.717) is 12.5 Å². The van der Waals surface area contributed by atoms with Crippen LogP contribution in [0.4, 0.5) is 0 Å². The Morgan fingerprint density at radius 3 is 2.78 bits per heavy atom. The summed E-state index contributed by atoms with van der Waals surface area (Å²) in [6, 6.07) is 1.92. The quantitative estimate of drug-likeness (QED) is 0.769. The summed E-state index contributed by atoms with van der Waals surface area (Å²) in [4.78, 5) is 0. The average molecular weight is 273 g/mol. The molecule has 0 saturated heterocycles. The Bertz CT molecular complexity index is 452. The van der Waals surface area contributed by atoms with Crippen molar-refractivity contribution in [3.05, 3.63) is 18.0 Å². The molecule has 1 rings (SSSR count). The maximum Gasteiger partial charge on any atom is 0.151 e. The van der Waals surface area contributed by atoms with Gasteiger partial charge in [-0.3, -0.25) is 4.68 Å². The van der Waals surface area contributed by atoms with Crippen molar-refractivity contribution in [3.8, 4) is 0 Å². The van der Waals surface area contributed by atoms with Crippen molar-refractivity contribution in [2.45, 2.75) is 33.9 Å². The van der Waals surface area contributed by atoms with E-state index >= 15 is 0 Å². The van der Waals surface area contributed by atoms with Crippen LogP contribution in [-0.4, -0.2) is 36.2 Å². The number of hydrogen-bond donors (Lipinski definition) is 1. The summed E-state index contributed by atoms with van der Waals surface area (Å²) in [6.07, 6.45) is 1.71. The third-order valence-corrected chi connectivity index (χ3v) is 4.40. The van der Waals surface area contributed by atoms with Gasteiger partial charge in [0.05, 0.1) is 18.0 Å². The summed E-state index contributed by atoms with van der Waals surface area (Å²) >= 11 is 0. The molecule has 1 aromatic heterocycles. The molecule has 0 saturated carbocycles. The van der Waals surface area contributed by atoms with Crippen molar-refractivity contribution < 1.29 is 8.42 Å². The average Bonchev–Trinajstić information content (AvgIpc) is 2.74. The second-order valence-electron chi connectivity index (χ2n) is 4.81. The van der Waals surface area contributed by atoms with Gasteiger partial charge in [-0.2, -0.15) is 5.10 Å². The molecule has 0 aliphatic heterocycles. The number of nitrogens with zero attached hydrogens (tertiary/aromatic N) is 2. The molecule has 0 aliphatic rings. The van der Waals surface area contributed by atoms with Crippen LogP contribution in [0.5, 0.6) is 0 Å². The smallest absolute Gasteiger partial charge is 0.151 e. The maximum absolute atomic E-state index is 11.5. The molecular formula is C12H23N3O2S. The number of hydrogen-bond acceptors (Lipinski definition) is 4. The summed E-state index contributed by atoms with van der Waals surface area (Å²) in [6.45, 7) is 8.07. The van der Waals surface area contributed by atoms with Crippen LogP contribution < -0.4 is 5.32 Å². The molecule has 0 atom stereocenters. The van der Waals surface area contributed by atoms with Gasteiger partial charge < -0.3 is 5.32 Å². The van der Waals surface area contributed by atoms with Gasteiger partial charge in [0, 0.05) is 18.5 Å². The summed E-state index contributed by atoms with van der Waals surface area (Å²) in [7, 11) is -2.93. The summed E-state index contributed by atoms with van der Waals surface area (Å²) < 4.78 is 24.7. The summed E-state index contributed by atoms with van der Waals surface area (Å²) in [5.41, 5.74) is 1.03. The largest absolute Gasteiger partial charge is 0.311 e. The first-order valence-electron chi connectivity index (χ1n) is 6.36. The molecule has 1 heterocycles. The molecule has 0 unspecified atom stereocenters. The lowest BCUT2D eigenvalue weighted by Crippen LogP contribution is -2.23. The topological polar surface area (TPSA) is 64.0 Å². The first-order chi connectivity index (χ1) is 8.44. The van der Waals surface area contributed by atoms with E-state index in [0.717, 1.165) is 18.8 Å². The van der Waals surface area contributed by atoms with Crippen molar-refractivity contribution in [3.63, 3.8) is 0 Å². The van der Waals surface area contributed by atoms with E-state index in [-0.39, 0.29) is 11.5 Å². The number of nitrogens with one attached hydrogen (secondary N) is 1. The van der Waals surface area contributed by atoms with E-state index in [9.17, 15) is 8.42 Å². The highest BCUT2D eigenvalue weighted by Crippen LogP contribution is 2.01. The van der Waals surface area contributed by atoms with Crippen LogP contribution >= 0.6 is 0 Å². The molecule has 1 aromatic rings. The molecule has 0 spiro atoms. The minimum atomic E-state index is -2.93. The first kappa shape index (κ1) is 15.2. The molecule has 1 N–H and O–H groups in total. The SMILES string of the molecule is CCS(=O)(=O)CCn1nccc1CNCC(C)C. The van der Waals surface area contributed by atoms with Crippen LogP contribution in [0.3, 0.4) is 0 Å². The highest BCUT2D eigenvalue weighted by atomic mass is 32.2. The third-order valence-electron chi connectivity index (χ3n) is 2.72. The highest BCUT2D eigenvalue weighted by Gasteiger charge is 2.09. The lowest BCUT2D eigenvalue weighted by atomic mass is 10.2. The van der Waals surface area contributed by atoms with Crippen molar-refractivity contribution in [2.75, 3.05) is 18.1 Å². The third kappa shape index (κ3) is 5.18. The molecule has 18 heavy (non-hydrogen) atoms. The molecule has 6 heteroatoms. The minimum absolute atomic E-state index is 0.155. The van der Waals surface area contributed by atoms with Crippen LogP contribution in [0.15, 0.2) is 12.3 Å². The van der Waals surface area contributed by atoms with E-state index in [2.05, 4.69) is 24.3 Å². The normalized spacial score (nSPS) is 12.2. The summed E-state index contributed by atoms with van der Waals surface area (Å²) in [5, 5.41) is 7.49. The monoisotopic (exact) mass is 273 g/mol. The van der Waals surface area contributed by atoms with Crippen LogP contribution in [0.1, 0.15) is 26.5 Å². The highest BCUT2D eigenvalue weighted by molar-refractivity contribution is 7.91. The Labute approximate surface area is 109 Å². The Balaban J connectivity index is 2.50. The van der Waals surface area contributed by atoms with Crippen molar-refractivity contribution >= 4 is 9.84 Å². The molecule has 0 aliphatic carbocycles. The molecule has 0 aromatic carbocycles. The van der Waals surface area contributed by atoms with Gasteiger partial charge in [0.25, 0.3) is 0 Å². The second kappa shape index (κ2) is 6.89. The predicted octanol–water partition coefficient (Wildman–Crippen LogP) is 1.06. The second-order valence-corrected chi connectivity index (χ2v) is 7.28.